The van der Waals surface area contributed by atoms with Crippen LogP contribution in [0.2, 0.25) is 0 Å². The first-order valence-corrected chi connectivity index (χ1v) is 12.3. The first-order chi connectivity index (χ1) is 17.4. The van der Waals surface area contributed by atoms with Crippen molar-refractivity contribution < 1.29 is 41.9 Å². The zero-order valence-corrected chi connectivity index (χ0v) is 20.9. The van der Waals surface area contributed by atoms with E-state index in [0.717, 1.165) is 5.56 Å². The number of amides is 2. The molecule has 204 valence electrons. The van der Waals surface area contributed by atoms with Gasteiger partial charge in [0.15, 0.2) is 5.78 Å². The van der Waals surface area contributed by atoms with Crippen molar-refractivity contribution in [3.63, 3.8) is 0 Å². The molecule has 0 aromatic heterocycles. The normalized spacial score (nSPS) is 18.3. The lowest BCUT2D eigenvalue weighted by molar-refractivity contribution is -0.154. The Morgan fingerprint density at radius 3 is 2.41 bits per heavy atom. The van der Waals surface area contributed by atoms with Crippen molar-refractivity contribution in [1.29, 1.82) is 0 Å². The van der Waals surface area contributed by atoms with Crippen LogP contribution >= 0.6 is 0 Å². The number of halogens is 3. The van der Waals surface area contributed by atoms with Gasteiger partial charge >= 0.3 is 12.1 Å². The van der Waals surface area contributed by atoms with Crippen LogP contribution < -0.4 is 10.6 Å². The zero-order chi connectivity index (χ0) is 27.6. The number of esters is 1. The van der Waals surface area contributed by atoms with Gasteiger partial charge < -0.3 is 15.4 Å². The number of alkyl halides is 3. The Kier molecular flexibility index (Phi) is 11.3. The molecule has 1 fully saturated rings. The Hall–Kier alpha value is -3.24. The van der Waals surface area contributed by atoms with Gasteiger partial charge in [-0.2, -0.15) is 13.2 Å². The summed E-state index contributed by atoms with van der Waals surface area (Å²) in [6, 6.07) is 6.87. The van der Waals surface area contributed by atoms with E-state index in [4.69, 9.17) is 4.74 Å². The van der Waals surface area contributed by atoms with Gasteiger partial charge in [-0.1, -0.05) is 50.6 Å². The van der Waals surface area contributed by atoms with Crippen LogP contribution in [0.4, 0.5) is 13.2 Å². The molecule has 2 N–H and O–H groups in total. The highest BCUT2D eigenvalue weighted by atomic mass is 19.4. The number of ketones is 2. The fourth-order valence-electron chi connectivity index (χ4n) is 4.06. The molecule has 0 saturated carbocycles. The monoisotopic (exact) mass is 526 g/mol. The van der Waals surface area contributed by atoms with Gasteiger partial charge in [0.05, 0.1) is 24.8 Å². The van der Waals surface area contributed by atoms with Gasteiger partial charge in [0, 0.05) is 18.9 Å². The second kappa shape index (κ2) is 13.9. The highest BCUT2D eigenvalue weighted by Gasteiger charge is 2.39. The first-order valence-electron chi connectivity index (χ1n) is 12.3. The fraction of sp³-hybridized carbons (Fsp3) is 0.577. The Morgan fingerprint density at radius 2 is 1.78 bits per heavy atom. The molecule has 2 rings (SSSR count). The second-order valence-corrected chi connectivity index (χ2v) is 9.56. The highest BCUT2D eigenvalue weighted by Crippen LogP contribution is 2.26. The molecule has 0 aliphatic carbocycles. The molecule has 0 bridgehead atoms. The van der Waals surface area contributed by atoms with E-state index in [2.05, 4.69) is 10.6 Å². The van der Waals surface area contributed by atoms with E-state index in [1.165, 1.54) is 0 Å². The molecule has 1 saturated heterocycles. The minimum atomic E-state index is -4.78. The van der Waals surface area contributed by atoms with Crippen molar-refractivity contribution in [3.8, 4) is 0 Å². The Bertz CT molecular complexity index is 965. The number of carbonyl (C=O) groups is 5. The largest absolute Gasteiger partial charge is 0.461 e. The van der Waals surface area contributed by atoms with E-state index in [-0.39, 0.29) is 19.4 Å². The number of hydrogen-bond acceptors (Lipinski definition) is 6. The maximum Gasteiger partial charge on any atom is 0.391 e. The number of benzene rings is 1. The molecule has 1 heterocycles. The first kappa shape index (κ1) is 30.0. The zero-order valence-electron chi connectivity index (χ0n) is 20.9. The van der Waals surface area contributed by atoms with Crippen LogP contribution in [0.5, 0.6) is 0 Å². The third-order valence-electron chi connectivity index (χ3n) is 6.22. The minimum absolute atomic E-state index is 0.0235. The third-order valence-corrected chi connectivity index (χ3v) is 6.22. The van der Waals surface area contributed by atoms with Gasteiger partial charge in [0.1, 0.15) is 6.61 Å². The Balaban J connectivity index is 2.08. The van der Waals surface area contributed by atoms with Crippen molar-refractivity contribution in [3.05, 3.63) is 35.9 Å². The van der Waals surface area contributed by atoms with Gasteiger partial charge in [-0.05, 0) is 24.3 Å². The molecule has 11 heteroatoms. The van der Waals surface area contributed by atoms with E-state index in [9.17, 15) is 37.1 Å². The van der Waals surface area contributed by atoms with Gasteiger partial charge in [0.25, 0.3) is 5.91 Å². The van der Waals surface area contributed by atoms with Crippen LogP contribution in [-0.4, -0.2) is 48.1 Å². The lowest BCUT2D eigenvalue weighted by Crippen LogP contribution is -2.48. The minimum Gasteiger partial charge on any atom is -0.461 e. The number of nitrogens with one attached hydrogen (secondary N) is 2. The molecule has 1 aliphatic heterocycles. The molecule has 1 aromatic rings. The Morgan fingerprint density at radius 1 is 1.11 bits per heavy atom. The number of carbonyl (C=O) groups excluding carboxylic acids is 5. The quantitative estimate of drug-likeness (QED) is 0.338. The summed E-state index contributed by atoms with van der Waals surface area (Å²) in [5, 5.41) is 4.56. The average molecular weight is 527 g/mol. The maximum atomic E-state index is 13.3. The van der Waals surface area contributed by atoms with Gasteiger partial charge in [-0.15, -0.1) is 0 Å². The SMILES string of the molecule is CC(C)C(CC(=O)OCc1ccccc1)C(=O)NC(CC(F)(F)F)C(=O)CC1CCCCNC(=O)C1=O. The summed E-state index contributed by atoms with van der Waals surface area (Å²) in [5.41, 5.74) is 0.731. The van der Waals surface area contributed by atoms with Crippen molar-refractivity contribution in [2.75, 3.05) is 6.54 Å². The molecule has 0 radical (unpaired) electrons. The van der Waals surface area contributed by atoms with Gasteiger partial charge in [-0.3, -0.25) is 24.0 Å². The third kappa shape index (κ3) is 10.3. The molecule has 1 aliphatic rings. The predicted molar refractivity (Wildman–Crippen MR) is 127 cm³/mol. The summed E-state index contributed by atoms with van der Waals surface area (Å²) < 4.78 is 45.0. The van der Waals surface area contributed by atoms with Crippen LogP contribution in [0.15, 0.2) is 30.3 Å². The van der Waals surface area contributed by atoms with E-state index < -0.39 is 72.2 Å². The lowest BCUT2D eigenvalue weighted by atomic mass is 9.87. The number of Topliss-reactive ketones (excluding diaryl/α,β-unsaturated/α-hetero) is 2. The van der Waals surface area contributed by atoms with E-state index >= 15 is 0 Å². The van der Waals surface area contributed by atoms with Gasteiger partial charge in [-0.25, -0.2) is 0 Å². The molecule has 37 heavy (non-hydrogen) atoms. The predicted octanol–water partition coefficient (Wildman–Crippen LogP) is 3.27. The molecule has 8 nitrogen and oxygen atoms in total. The van der Waals surface area contributed by atoms with Crippen LogP contribution in [0, 0.1) is 17.8 Å². The van der Waals surface area contributed by atoms with Crippen LogP contribution in [0.3, 0.4) is 0 Å². The van der Waals surface area contributed by atoms with Gasteiger partial charge in [0.2, 0.25) is 11.7 Å². The molecule has 3 unspecified atom stereocenters. The fourth-order valence-corrected chi connectivity index (χ4v) is 4.06. The smallest absolute Gasteiger partial charge is 0.391 e. The standard InChI is InChI=1S/C26H33F3N2O6/c1-16(2)19(13-22(33)37-15-17-8-4-3-5-9-17)24(35)31-20(14-26(27,28)29)21(32)12-18-10-6-7-11-30-25(36)23(18)34/h3-5,8-9,16,18-20H,6-7,10-15H2,1-2H3,(H,30,36)(H,31,35). The average Bonchev–Trinajstić information content (AvgIpc) is 2.82. The lowest BCUT2D eigenvalue weighted by Gasteiger charge is -2.26. The number of ether oxygens (including phenoxy) is 1. The van der Waals surface area contributed by atoms with Crippen molar-refractivity contribution in [2.24, 2.45) is 17.8 Å². The summed E-state index contributed by atoms with van der Waals surface area (Å²) in [6.45, 7) is 3.54. The van der Waals surface area contributed by atoms with Crippen molar-refractivity contribution in [1.82, 2.24) is 10.6 Å². The summed E-state index contributed by atoms with van der Waals surface area (Å²) in [6.07, 6.45) is -6.12. The Labute approximate surface area is 213 Å². The molecule has 3 atom stereocenters. The summed E-state index contributed by atoms with van der Waals surface area (Å²) in [5.74, 6) is -6.86. The summed E-state index contributed by atoms with van der Waals surface area (Å²) >= 11 is 0. The molecule has 2 amide bonds. The molecular weight excluding hydrogens is 493 g/mol. The number of hydrogen-bond donors (Lipinski definition) is 2. The highest BCUT2D eigenvalue weighted by molar-refractivity contribution is 6.37. The molecule has 0 spiro atoms. The van der Waals surface area contributed by atoms with E-state index in [0.29, 0.717) is 19.4 Å². The van der Waals surface area contributed by atoms with Crippen molar-refractivity contribution in [2.45, 2.75) is 71.2 Å². The van der Waals surface area contributed by atoms with Crippen LogP contribution in [0.1, 0.15) is 57.9 Å². The van der Waals surface area contributed by atoms with E-state index in [1.54, 1.807) is 44.2 Å². The van der Waals surface area contributed by atoms with Crippen LogP contribution in [-0.2, 0) is 35.3 Å². The van der Waals surface area contributed by atoms with Crippen molar-refractivity contribution >= 4 is 29.4 Å². The summed E-state index contributed by atoms with van der Waals surface area (Å²) in [7, 11) is 0. The molecular formula is C26H33F3N2O6. The van der Waals surface area contributed by atoms with Crippen LogP contribution in [0.25, 0.3) is 0 Å². The second-order valence-electron chi connectivity index (χ2n) is 9.56. The summed E-state index contributed by atoms with van der Waals surface area (Å²) in [4.78, 5) is 62.3. The molecule has 1 aromatic carbocycles. The maximum absolute atomic E-state index is 13.3. The topological polar surface area (TPSA) is 119 Å². The number of rotatable bonds is 11. The van der Waals surface area contributed by atoms with E-state index in [1.807, 2.05) is 0 Å².